The quantitative estimate of drug-likeness (QED) is 0.788. The summed E-state index contributed by atoms with van der Waals surface area (Å²) < 4.78 is 0. The van der Waals surface area contributed by atoms with Crippen molar-refractivity contribution >= 4 is 6.03 Å². The Kier molecular flexibility index (Phi) is 7.60. The number of nitrogens with one attached hydrogen (secondary N) is 1. The molecule has 1 atom stereocenters. The number of likely N-dealkylation sites (N-methyl/N-ethyl adjacent to an activating group) is 1. The maximum atomic E-state index is 13.0. The number of pyridine rings is 1. The normalized spacial score (nSPS) is 12.0. The standard InChI is InChI=1S/C21H30N4O/c1-5-19(20-15-17(2)11-12-22-20)23-21(26)25(14-13-24(3)4)16-18-9-7-6-8-10-18/h6-12,15,19H,5,13-14,16H2,1-4H3,(H,23,26)/t19-/m1/s1. The third kappa shape index (κ3) is 6.15. The van der Waals surface area contributed by atoms with E-state index in [1.54, 1.807) is 6.20 Å². The summed E-state index contributed by atoms with van der Waals surface area (Å²) in [7, 11) is 4.04. The fraction of sp³-hybridized carbons (Fsp3) is 0.429. The molecule has 2 rings (SSSR count). The van der Waals surface area contributed by atoms with Crippen molar-refractivity contribution in [2.24, 2.45) is 0 Å². The number of urea groups is 1. The zero-order valence-corrected chi connectivity index (χ0v) is 16.3. The Balaban J connectivity index is 2.10. The fourth-order valence-corrected chi connectivity index (χ4v) is 2.75. The highest BCUT2D eigenvalue weighted by molar-refractivity contribution is 5.74. The second-order valence-corrected chi connectivity index (χ2v) is 6.88. The monoisotopic (exact) mass is 354 g/mol. The van der Waals surface area contributed by atoms with Crippen LogP contribution in [0.1, 0.15) is 36.2 Å². The van der Waals surface area contributed by atoms with Crippen LogP contribution in [0.5, 0.6) is 0 Å². The number of nitrogens with zero attached hydrogens (tertiary/aromatic N) is 3. The Hall–Kier alpha value is -2.40. The lowest BCUT2D eigenvalue weighted by molar-refractivity contribution is 0.184. The average Bonchev–Trinajstić information content (AvgIpc) is 2.63. The summed E-state index contributed by atoms with van der Waals surface area (Å²) in [5, 5.41) is 3.16. The number of hydrogen-bond acceptors (Lipinski definition) is 3. The molecular weight excluding hydrogens is 324 g/mol. The molecule has 0 unspecified atom stereocenters. The first-order valence-corrected chi connectivity index (χ1v) is 9.16. The second-order valence-electron chi connectivity index (χ2n) is 6.88. The van der Waals surface area contributed by atoms with Crippen LogP contribution in [-0.2, 0) is 6.54 Å². The summed E-state index contributed by atoms with van der Waals surface area (Å²) in [5.41, 5.74) is 3.19. The summed E-state index contributed by atoms with van der Waals surface area (Å²) in [6.45, 7) is 6.19. The van der Waals surface area contributed by atoms with Gasteiger partial charge in [-0.15, -0.1) is 0 Å². The summed E-state index contributed by atoms with van der Waals surface area (Å²) in [6, 6.07) is 14.0. The molecule has 0 bridgehead atoms. The summed E-state index contributed by atoms with van der Waals surface area (Å²) >= 11 is 0. The van der Waals surface area contributed by atoms with Gasteiger partial charge in [0.15, 0.2) is 0 Å². The number of benzene rings is 1. The molecule has 1 heterocycles. The first-order valence-electron chi connectivity index (χ1n) is 9.16. The van der Waals surface area contributed by atoms with E-state index in [1.165, 1.54) is 0 Å². The minimum atomic E-state index is -0.0833. The van der Waals surface area contributed by atoms with Crippen molar-refractivity contribution in [2.45, 2.75) is 32.9 Å². The minimum absolute atomic E-state index is 0.0501. The van der Waals surface area contributed by atoms with Crippen LogP contribution >= 0.6 is 0 Å². The lowest BCUT2D eigenvalue weighted by Gasteiger charge is -2.27. The third-order valence-corrected chi connectivity index (χ3v) is 4.32. The number of amides is 2. The van der Waals surface area contributed by atoms with E-state index in [9.17, 15) is 4.79 Å². The molecule has 0 saturated carbocycles. The molecular formula is C21H30N4O. The molecule has 1 aromatic heterocycles. The van der Waals surface area contributed by atoms with Gasteiger partial charge < -0.3 is 15.1 Å². The highest BCUT2D eigenvalue weighted by Gasteiger charge is 2.19. The van der Waals surface area contributed by atoms with E-state index in [4.69, 9.17) is 0 Å². The lowest BCUT2D eigenvalue weighted by atomic mass is 10.1. The van der Waals surface area contributed by atoms with Crippen LogP contribution in [0.4, 0.5) is 4.79 Å². The predicted molar refractivity (Wildman–Crippen MR) is 106 cm³/mol. The Morgan fingerprint density at radius 3 is 2.50 bits per heavy atom. The van der Waals surface area contributed by atoms with Crippen molar-refractivity contribution in [2.75, 3.05) is 27.2 Å². The van der Waals surface area contributed by atoms with E-state index >= 15 is 0 Å². The van der Waals surface area contributed by atoms with E-state index in [-0.39, 0.29) is 12.1 Å². The van der Waals surface area contributed by atoms with Crippen LogP contribution in [0.2, 0.25) is 0 Å². The van der Waals surface area contributed by atoms with Crippen molar-refractivity contribution in [3.63, 3.8) is 0 Å². The molecule has 0 aliphatic rings. The molecule has 0 aliphatic carbocycles. The SMILES string of the molecule is CC[C@@H](NC(=O)N(CCN(C)C)Cc1ccccc1)c1cc(C)ccn1. The molecule has 1 aromatic carbocycles. The Morgan fingerprint density at radius 2 is 1.88 bits per heavy atom. The summed E-state index contributed by atoms with van der Waals surface area (Å²) in [4.78, 5) is 21.4. The van der Waals surface area contributed by atoms with Crippen molar-refractivity contribution in [3.05, 3.63) is 65.5 Å². The van der Waals surface area contributed by atoms with E-state index in [2.05, 4.69) is 34.3 Å². The van der Waals surface area contributed by atoms with Gasteiger partial charge in [-0.1, -0.05) is 37.3 Å². The van der Waals surface area contributed by atoms with Gasteiger partial charge in [0.25, 0.3) is 0 Å². The molecule has 0 saturated heterocycles. The minimum Gasteiger partial charge on any atom is -0.330 e. The van der Waals surface area contributed by atoms with Gasteiger partial charge in [-0.05, 0) is 50.7 Å². The Morgan fingerprint density at radius 1 is 1.15 bits per heavy atom. The van der Waals surface area contributed by atoms with Crippen LogP contribution in [0.25, 0.3) is 0 Å². The van der Waals surface area contributed by atoms with Gasteiger partial charge in [-0.25, -0.2) is 4.79 Å². The van der Waals surface area contributed by atoms with Crippen LogP contribution in [0.3, 0.4) is 0 Å². The van der Waals surface area contributed by atoms with E-state index in [0.29, 0.717) is 13.1 Å². The lowest BCUT2D eigenvalue weighted by Crippen LogP contribution is -2.44. The van der Waals surface area contributed by atoms with Crippen LogP contribution in [0, 0.1) is 6.92 Å². The Labute approximate surface area is 157 Å². The number of carbonyl (C=O) groups excluding carboxylic acids is 1. The molecule has 2 amide bonds. The molecule has 1 N–H and O–H groups in total. The number of rotatable bonds is 8. The van der Waals surface area contributed by atoms with Crippen LogP contribution in [0.15, 0.2) is 48.7 Å². The predicted octanol–water partition coefficient (Wildman–Crippen LogP) is 3.61. The number of carbonyl (C=O) groups is 1. The van der Waals surface area contributed by atoms with Gasteiger partial charge in [0, 0.05) is 25.8 Å². The molecule has 0 radical (unpaired) electrons. The number of hydrogen-bond donors (Lipinski definition) is 1. The zero-order chi connectivity index (χ0) is 18.9. The highest BCUT2D eigenvalue weighted by atomic mass is 16.2. The molecule has 2 aromatic rings. The molecule has 5 heteroatoms. The third-order valence-electron chi connectivity index (χ3n) is 4.32. The molecule has 5 nitrogen and oxygen atoms in total. The van der Waals surface area contributed by atoms with E-state index < -0.39 is 0 Å². The molecule has 0 aliphatic heterocycles. The van der Waals surface area contributed by atoms with Crippen molar-refractivity contribution in [3.8, 4) is 0 Å². The van der Waals surface area contributed by atoms with Crippen molar-refractivity contribution in [1.82, 2.24) is 20.1 Å². The van der Waals surface area contributed by atoms with Crippen LogP contribution < -0.4 is 5.32 Å². The number of aryl methyl sites for hydroxylation is 1. The fourth-order valence-electron chi connectivity index (χ4n) is 2.75. The maximum absolute atomic E-state index is 13.0. The average molecular weight is 354 g/mol. The van der Waals surface area contributed by atoms with Gasteiger partial charge in [-0.3, -0.25) is 4.98 Å². The van der Waals surface area contributed by atoms with Crippen LogP contribution in [-0.4, -0.2) is 48.0 Å². The largest absolute Gasteiger partial charge is 0.330 e. The van der Waals surface area contributed by atoms with Gasteiger partial charge >= 0.3 is 6.03 Å². The second kappa shape index (κ2) is 9.92. The molecule has 0 fully saturated rings. The topological polar surface area (TPSA) is 48.5 Å². The van der Waals surface area contributed by atoms with Gasteiger partial charge in [-0.2, -0.15) is 0 Å². The first kappa shape index (κ1) is 19.9. The molecule has 140 valence electrons. The molecule has 26 heavy (non-hydrogen) atoms. The maximum Gasteiger partial charge on any atom is 0.318 e. The Bertz CT molecular complexity index is 687. The summed E-state index contributed by atoms with van der Waals surface area (Å²) in [6.07, 6.45) is 2.60. The number of aromatic nitrogens is 1. The van der Waals surface area contributed by atoms with E-state index in [0.717, 1.165) is 29.8 Å². The van der Waals surface area contributed by atoms with Gasteiger partial charge in [0.2, 0.25) is 0 Å². The molecule has 0 spiro atoms. The van der Waals surface area contributed by atoms with Crippen molar-refractivity contribution in [1.29, 1.82) is 0 Å². The van der Waals surface area contributed by atoms with Gasteiger partial charge in [0.05, 0.1) is 11.7 Å². The summed E-state index contributed by atoms with van der Waals surface area (Å²) in [5.74, 6) is 0. The smallest absolute Gasteiger partial charge is 0.318 e. The van der Waals surface area contributed by atoms with Gasteiger partial charge in [0.1, 0.15) is 0 Å². The first-order chi connectivity index (χ1) is 12.5. The van der Waals surface area contributed by atoms with Crippen molar-refractivity contribution < 1.29 is 4.79 Å². The zero-order valence-electron chi connectivity index (χ0n) is 16.3. The van der Waals surface area contributed by atoms with E-state index in [1.807, 2.05) is 56.3 Å². The highest BCUT2D eigenvalue weighted by Crippen LogP contribution is 2.16.